The van der Waals surface area contributed by atoms with E-state index in [9.17, 15) is 14.4 Å². The molecule has 32 heavy (non-hydrogen) atoms. The summed E-state index contributed by atoms with van der Waals surface area (Å²) in [6.07, 6.45) is 1.41. The Hall–Kier alpha value is -3.59. The molecule has 2 rings (SSSR count). The number of primary amides is 1. The van der Waals surface area contributed by atoms with Gasteiger partial charge in [0.25, 0.3) is 17.7 Å². The Morgan fingerprint density at radius 1 is 1.12 bits per heavy atom. The number of ether oxygens (including phenoxy) is 2. The highest BCUT2D eigenvalue weighted by atomic mass is 35.5. The lowest BCUT2D eigenvalue weighted by atomic mass is 10.0. The number of carbonyl (C=O) groups is 3. The van der Waals surface area contributed by atoms with Crippen LogP contribution in [-0.2, 0) is 9.59 Å². The fourth-order valence-corrected chi connectivity index (χ4v) is 2.76. The second-order valence-corrected chi connectivity index (χ2v) is 7.54. The maximum atomic E-state index is 12.6. The highest BCUT2D eigenvalue weighted by molar-refractivity contribution is 6.30. The van der Waals surface area contributed by atoms with Crippen LogP contribution in [0.15, 0.2) is 47.6 Å². The molecule has 0 bridgehead atoms. The van der Waals surface area contributed by atoms with E-state index in [-0.39, 0.29) is 12.5 Å². The fraction of sp³-hybridized carbons (Fsp3) is 0.273. The maximum absolute atomic E-state index is 12.6. The van der Waals surface area contributed by atoms with Crippen LogP contribution in [0, 0.1) is 5.92 Å². The molecule has 4 N–H and O–H groups in total. The van der Waals surface area contributed by atoms with E-state index in [0.717, 1.165) is 0 Å². The molecule has 0 aromatic heterocycles. The summed E-state index contributed by atoms with van der Waals surface area (Å²) in [7, 11) is 1.45. The van der Waals surface area contributed by atoms with Gasteiger partial charge in [-0.2, -0.15) is 5.10 Å². The molecule has 170 valence electrons. The third-order valence-corrected chi connectivity index (χ3v) is 4.54. The van der Waals surface area contributed by atoms with Crippen molar-refractivity contribution in [3.63, 3.8) is 0 Å². The average molecular weight is 461 g/mol. The second kappa shape index (κ2) is 11.7. The number of halogens is 1. The van der Waals surface area contributed by atoms with Crippen molar-refractivity contribution in [2.24, 2.45) is 16.8 Å². The quantitative estimate of drug-likeness (QED) is 0.369. The summed E-state index contributed by atoms with van der Waals surface area (Å²) in [6.45, 7) is 3.34. The minimum absolute atomic E-state index is 0.178. The minimum atomic E-state index is -0.797. The summed E-state index contributed by atoms with van der Waals surface area (Å²) >= 11 is 5.84. The number of hydrogen-bond donors (Lipinski definition) is 3. The first kappa shape index (κ1) is 24.7. The summed E-state index contributed by atoms with van der Waals surface area (Å²) in [5.41, 5.74) is 8.51. The van der Waals surface area contributed by atoms with Gasteiger partial charge in [0, 0.05) is 10.6 Å². The number of methoxy groups -OCH3 is 1. The predicted octanol–water partition coefficient (Wildman–Crippen LogP) is 2.12. The van der Waals surface area contributed by atoms with Gasteiger partial charge >= 0.3 is 0 Å². The molecule has 0 heterocycles. The summed E-state index contributed by atoms with van der Waals surface area (Å²) in [5.74, 6) is -0.928. The number of hydrogen-bond acceptors (Lipinski definition) is 6. The van der Waals surface area contributed by atoms with Gasteiger partial charge in [-0.3, -0.25) is 14.4 Å². The third kappa shape index (κ3) is 7.28. The van der Waals surface area contributed by atoms with Gasteiger partial charge in [-0.1, -0.05) is 25.4 Å². The molecule has 2 aromatic rings. The number of nitrogens with one attached hydrogen (secondary N) is 2. The van der Waals surface area contributed by atoms with E-state index < -0.39 is 23.8 Å². The molecule has 0 fully saturated rings. The van der Waals surface area contributed by atoms with Crippen molar-refractivity contribution in [1.82, 2.24) is 10.7 Å². The van der Waals surface area contributed by atoms with Gasteiger partial charge < -0.3 is 20.5 Å². The zero-order valence-electron chi connectivity index (χ0n) is 17.9. The van der Waals surface area contributed by atoms with Crippen molar-refractivity contribution < 1.29 is 23.9 Å². The van der Waals surface area contributed by atoms with E-state index in [0.29, 0.717) is 27.6 Å². The van der Waals surface area contributed by atoms with Crippen molar-refractivity contribution in [3.8, 4) is 11.5 Å². The van der Waals surface area contributed by atoms with E-state index in [1.54, 1.807) is 42.5 Å². The summed E-state index contributed by atoms with van der Waals surface area (Å²) in [4.78, 5) is 35.9. The van der Waals surface area contributed by atoms with Crippen LogP contribution in [0.25, 0.3) is 0 Å². The highest BCUT2D eigenvalue weighted by Crippen LogP contribution is 2.27. The number of carbonyl (C=O) groups excluding carboxylic acids is 3. The molecule has 0 aliphatic heterocycles. The highest BCUT2D eigenvalue weighted by Gasteiger charge is 2.24. The van der Waals surface area contributed by atoms with Crippen LogP contribution in [0.1, 0.15) is 29.8 Å². The molecule has 0 radical (unpaired) electrons. The van der Waals surface area contributed by atoms with Crippen LogP contribution in [0.3, 0.4) is 0 Å². The van der Waals surface area contributed by atoms with Crippen molar-refractivity contribution >= 4 is 35.5 Å². The molecular weight excluding hydrogens is 436 g/mol. The lowest BCUT2D eigenvalue weighted by molar-refractivity contribution is -0.124. The van der Waals surface area contributed by atoms with E-state index in [1.165, 1.54) is 13.3 Å². The SMILES string of the molecule is COc1cc(/C=N\NC(=O)C(NC(=O)c2ccc(Cl)cc2)C(C)C)ccc1OCC(N)=O. The molecule has 0 aliphatic carbocycles. The molecule has 0 spiro atoms. The molecule has 2 aromatic carbocycles. The van der Waals surface area contributed by atoms with E-state index in [4.69, 9.17) is 26.8 Å². The maximum Gasteiger partial charge on any atom is 0.262 e. The molecule has 3 amide bonds. The Bertz CT molecular complexity index is 992. The Morgan fingerprint density at radius 3 is 2.41 bits per heavy atom. The van der Waals surface area contributed by atoms with Crippen molar-refractivity contribution in [2.75, 3.05) is 13.7 Å². The van der Waals surface area contributed by atoms with Crippen molar-refractivity contribution in [3.05, 3.63) is 58.6 Å². The third-order valence-electron chi connectivity index (χ3n) is 4.29. The molecule has 0 saturated heterocycles. The molecule has 1 atom stereocenters. The van der Waals surface area contributed by atoms with Gasteiger partial charge in [-0.05, 0) is 53.9 Å². The van der Waals surface area contributed by atoms with Gasteiger partial charge in [-0.15, -0.1) is 0 Å². The van der Waals surface area contributed by atoms with Crippen LogP contribution >= 0.6 is 11.6 Å². The van der Waals surface area contributed by atoms with Crippen molar-refractivity contribution in [1.29, 1.82) is 0 Å². The number of benzene rings is 2. The molecule has 0 aliphatic rings. The zero-order chi connectivity index (χ0) is 23.7. The average Bonchev–Trinajstić information content (AvgIpc) is 2.76. The van der Waals surface area contributed by atoms with Crippen LogP contribution in [0.2, 0.25) is 5.02 Å². The Kier molecular flexibility index (Phi) is 9.03. The first-order valence-electron chi connectivity index (χ1n) is 9.69. The van der Waals surface area contributed by atoms with E-state index in [1.807, 2.05) is 13.8 Å². The number of rotatable bonds is 10. The van der Waals surface area contributed by atoms with Gasteiger partial charge in [-0.25, -0.2) is 5.43 Å². The van der Waals surface area contributed by atoms with Gasteiger partial charge in [0.2, 0.25) is 0 Å². The molecule has 1 unspecified atom stereocenters. The van der Waals surface area contributed by atoms with Crippen LogP contribution < -0.4 is 25.9 Å². The zero-order valence-corrected chi connectivity index (χ0v) is 18.7. The summed E-state index contributed by atoms with van der Waals surface area (Å²) < 4.78 is 10.5. The predicted molar refractivity (Wildman–Crippen MR) is 121 cm³/mol. The van der Waals surface area contributed by atoms with Crippen LogP contribution in [0.4, 0.5) is 0 Å². The topological polar surface area (TPSA) is 132 Å². The second-order valence-electron chi connectivity index (χ2n) is 7.10. The number of hydrazone groups is 1. The van der Waals surface area contributed by atoms with Gasteiger partial charge in [0.1, 0.15) is 6.04 Å². The fourth-order valence-electron chi connectivity index (χ4n) is 2.63. The van der Waals surface area contributed by atoms with E-state index in [2.05, 4.69) is 15.8 Å². The standard InChI is InChI=1S/C22H25ClN4O5/c1-13(2)20(26-21(29)15-5-7-16(23)8-6-15)22(30)27-25-11-14-4-9-17(18(10-14)31-3)32-12-19(24)28/h4-11,13,20H,12H2,1-3H3,(H2,24,28)(H,26,29)(H,27,30)/b25-11-. The monoisotopic (exact) mass is 460 g/mol. The molecule has 0 saturated carbocycles. The van der Waals surface area contributed by atoms with Crippen LogP contribution in [0.5, 0.6) is 11.5 Å². The normalized spacial score (nSPS) is 11.8. The lowest BCUT2D eigenvalue weighted by Crippen LogP contribution is -2.48. The smallest absolute Gasteiger partial charge is 0.262 e. The Labute approximate surface area is 190 Å². The molecule has 9 nitrogen and oxygen atoms in total. The van der Waals surface area contributed by atoms with Crippen LogP contribution in [-0.4, -0.2) is 43.7 Å². The Balaban J connectivity index is 2.02. The first-order valence-corrected chi connectivity index (χ1v) is 10.1. The van der Waals surface area contributed by atoms with Gasteiger partial charge in [0.05, 0.1) is 13.3 Å². The van der Waals surface area contributed by atoms with E-state index >= 15 is 0 Å². The number of nitrogens with zero attached hydrogens (tertiary/aromatic N) is 1. The summed E-state index contributed by atoms with van der Waals surface area (Å²) in [5, 5.41) is 7.17. The summed E-state index contributed by atoms with van der Waals surface area (Å²) in [6, 6.07) is 10.4. The van der Waals surface area contributed by atoms with Crippen molar-refractivity contribution in [2.45, 2.75) is 19.9 Å². The first-order chi connectivity index (χ1) is 15.2. The molecular formula is C22H25ClN4O5. The lowest BCUT2D eigenvalue weighted by Gasteiger charge is -2.20. The van der Waals surface area contributed by atoms with Gasteiger partial charge in [0.15, 0.2) is 18.1 Å². The number of nitrogens with two attached hydrogens (primary N) is 1. The number of amides is 3. The largest absolute Gasteiger partial charge is 0.493 e. The molecule has 10 heteroatoms. The Morgan fingerprint density at radius 2 is 1.81 bits per heavy atom. The minimum Gasteiger partial charge on any atom is -0.493 e.